The minimum atomic E-state index is 0.249. The standard InChI is InChI=1S/C14H27BrN4O/c1-4-12-14(15)13(19(5-2)18-12)10-11(17-16)8-7-9-20-6-3/h11,17H,4-10,16H2,1-3H3. The third kappa shape index (κ3) is 4.84. The molecule has 0 saturated heterocycles. The quantitative estimate of drug-likeness (QED) is 0.388. The Morgan fingerprint density at radius 2 is 2.15 bits per heavy atom. The molecule has 116 valence electrons. The Kier molecular flexibility index (Phi) is 8.37. The van der Waals surface area contributed by atoms with Crippen LogP contribution in [0.4, 0.5) is 0 Å². The molecule has 0 saturated carbocycles. The van der Waals surface area contributed by atoms with Gasteiger partial charge >= 0.3 is 0 Å². The van der Waals surface area contributed by atoms with Gasteiger partial charge in [0.1, 0.15) is 0 Å². The van der Waals surface area contributed by atoms with E-state index in [0.29, 0.717) is 0 Å². The van der Waals surface area contributed by atoms with Gasteiger partial charge in [-0.15, -0.1) is 0 Å². The zero-order valence-corrected chi connectivity index (χ0v) is 14.4. The van der Waals surface area contributed by atoms with Crippen molar-refractivity contribution in [2.24, 2.45) is 5.84 Å². The number of ether oxygens (including phenoxy) is 1. The van der Waals surface area contributed by atoms with Crippen LogP contribution in [0.1, 0.15) is 45.0 Å². The summed E-state index contributed by atoms with van der Waals surface area (Å²) in [5.74, 6) is 5.68. The lowest BCUT2D eigenvalue weighted by atomic mass is 10.1. The first-order chi connectivity index (χ1) is 9.67. The van der Waals surface area contributed by atoms with Gasteiger partial charge in [-0.3, -0.25) is 16.0 Å². The first kappa shape index (κ1) is 17.6. The maximum Gasteiger partial charge on any atom is 0.0766 e. The maximum absolute atomic E-state index is 5.68. The Morgan fingerprint density at radius 1 is 1.40 bits per heavy atom. The van der Waals surface area contributed by atoms with Crippen molar-refractivity contribution < 1.29 is 4.74 Å². The molecule has 0 aliphatic carbocycles. The molecule has 0 aromatic carbocycles. The van der Waals surface area contributed by atoms with Gasteiger partial charge in [-0.25, -0.2) is 0 Å². The monoisotopic (exact) mass is 346 g/mol. The zero-order valence-electron chi connectivity index (χ0n) is 12.8. The van der Waals surface area contributed by atoms with Gasteiger partial charge in [-0.2, -0.15) is 5.10 Å². The molecule has 0 spiro atoms. The number of aromatic nitrogens is 2. The fourth-order valence-electron chi connectivity index (χ4n) is 2.27. The number of hydrogen-bond acceptors (Lipinski definition) is 4. The molecule has 6 heteroatoms. The van der Waals surface area contributed by atoms with Crippen molar-refractivity contribution in [1.82, 2.24) is 15.2 Å². The molecule has 3 N–H and O–H groups in total. The minimum Gasteiger partial charge on any atom is -0.382 e. The Hall–Kier alpha value is -0.430. The molecule has 1 atom stereocenters. The summed E-state index contributed by atoms with van der Waals surface area (Å²) in [5, 5.41) is 4.62. The van der Waals surface area contributed by atoms with Crippen LogP contribution in [0.3, 0.4) is 0 Å². The minimum absolute atomic E-state index is 0.249. The van der Waals surface area contributed by atoms with E-state index < -0.39 is 0 Å². The van der Waals surface area contributed by atoms with Gasteiger partial charge in [0, 0.05) is 32.2 Å². The summed E-state index contributed by atoms with van der Waals surface area (Å²) in [7, 11) is 0. The second kappa shape index (κ2) is 9.50. The molecule has 0 amide bonds. The normalized spacial score (nSPS) is 12.8. The molecule has 0 aliphatic rings. The summed E-state index contributed by atoms with van der Waals surface area (Å²) in [6, 6.07) is 0.249. The van der Waals surface area contributed by atoms with Crippen molar-refractivity contribution in [1.29, 1.82) is 0 Å². The summed E-state index contributed by atoms with van der Waals surface area (Å²) in [6.45, 7) is 8.70. The van der Waals surface area contributed by atoms with Gasteiger partial charge < -0.3 is 4.74 Å². The number of rotatable bonds is 10. The highest BCUT2D eigenvalue weighted by Gasteiger charge is 2.17. The van der Waals surface area contributed by atoms with Crippen LogP contribution in [-0.4, -0.2) is 29.0 Å². The maximum atomic E-state index is 5.68. The van der Waals surface area contributed by atoms with Crippen LogP contribution in [0.25, 0.3) is 0 Å². The highest BCUT2D eigenvalue weighted by atomic mass is 79.9. The molecule has 1 aromatic rings. The van der Waals surface area contributed by atoms with Crippen molar-refractivity contribution in [2.75, 3.05) is 13.2 Å². The lowest BCUT2D eigenvalue weighted by Crippen LogP contribution is -2.37. The highest BCUT2D eigenvalue weighted by molar-refractivity contribution is 9.10. The smallest absolute Gasteiger partial charge is 0.0766 e. The molecular formula is C14H27BrN4O. The Balaban J connectivity index is 2.66. The predicted molar refractivity (Wildman–Crippen MR) is 85.5 cm³/mol. The van der Waals surface area contributed by atoms with Crippen LogP contribution in [0.2, 0.25) is 0 Å². The van der Waals surface area contributed by atoms with E-state index in [1.54, 1.807) is 0 Å². The molecule has 1 rings (SSSR count). The third-order valence-corrected chi connectivity index (χ3v) is 4.33. The molecule has 20 heavy (non-hydrogen) atoms. The van der Waals surface area contributed by atoms with Crippen molar-refractivity contribution in [2.45, 2.75) is 59.0 Å². The van der Waals surface area contributed by atoms with E-state index in [-0.39, 0.29) is 6.04 Å². The highest BCUT2D eigenvalue weighted by Crippen LogP contribution is 2.24. The molecule has 0 fully saturated rings. The average Bonchev–Trinajstić information content (AvgIpc) is 2.78. The van der Waals surface area contributed by atoms with Crippen LogP contribution in [0.5, 0.6) is 0 Å². The van der Waals surface area contributed by atoms with Crippen molar-refractivity contribution in [3.05, 3.63) is 15.9 Å². The molecule has 1 heterocycles. The zero-order chi connectivity index (χ0) is 15.0. The van der Waals surface area contributed by atoms with Crippen molar-refractivity contribution in [3.8, 4) is 0 Å². The van der Waals surface area contributed by atoms with Crippen molar-refractivity contribution >= 4 is 15.9 Å². The van der Waals surface area contributed by atoms with E-state index in [0.717, 1.165) is 55.6 Å². The Bertz CT molecular complexity index is 395. The fourth-order valence-corrected chi connectivity index (χ4v) is 2.99. The second-order valence-corrected chi connectivity index (χ2v) is 5.58. The van der Waals surface area contributed by atoms with Crippen LogP contribution >= 0.6 is 15.9 Å². The van der Waals surface area contributed by atoms with Gasteiger partial charge in [0.25, 0.3) is 0 Å². The first-order valence-electron chi connectivity index (χ1n) is 7.45. The Morgan fingerprint density at radius 3 is 2.70 bits per heavy atom. The van der Waals surface area contributed by atoms with Gasteiger partial charge in [-0.1, -0.05) is 6.92 Å². The first-order valence-corrected chi connectivity index (χ1v) is 8.25. The molecule has 1 aromatic heterocycles. The van der Waals surface area contributed by atoms with Gasteiger partial charge in [0.2, 0.25) is 0 Å². The van der Waals surface area contributed by atoms with Crippen molar-refractivity contribution in [3.63, 3.8) is 0 Å². The van der Waals surface area contributed by atoms with E-state index >= 15 is 0 Å². The Labute approximate surface area is 130 Å². The fraction of sp³-hybridized carbons (Fsp3) is 0.786. The van der Waals surface area contributed by atoms with E-state index in [1.165, 1.54) is 5.69 Å². The van der Waals surface area contributed by atoms with Gasteiger partial charge in [0.05, 0.1) is 15.9 Å². The summed E-state index contributed by atoms with van der Waals surface area (Å²) >= 11 is 3.68. The predicted octanol–water partition coefficient (Wildman–Crippen LogP) is 2.42. The van der Waals surface area contributed by atoms with E-state index in [9.17, 15) is 0 Å². The number of aryl methyl sites for hydroxylation is 2. The summed E-state index contributed by atoms with van der Waals surface area (Å²) in [6.07, 6.45) is 3.83. The molecule has 5 nitrogen and oxygen atoms in total. The SMILES string of the molecule is CCOCCCC(Cc1c(Br)c(CC)nn1CC)NN. The molecule has 0 radical (unpaired) electrons. The number of hydrogen-bond donors (Lipinski definition) is 2. The number of hydrazine groups is 1. The van der Waals surface area contributed by atoms with E-state index in [2.05, 4.69) is 45.0 Å². The number of halogens is 1. The van der Waals surface area contributed by atoms with Gasteiger partial charge in [0.15, 0.2) is 0 Å². The number of nitrogens with one attached hydrogen (secondary N) is 1. The van der Waals surface area contributed by atoms with Crippen LogP contribution in [0, 0.1) is 0 Å². The van der Waals surface area contributed by atoms with Gasteiger partial charge in [-0.05, 0) is 49.0 Å². The third-order valence-electron chi connectivity index (χ3n) is 3.41. The lowest BCUT2D eigenvalue weighted by Gasteiger charge is -2.16. The average molecular weight is 347 g/mol. The van der Waals surface area contributed by atoms with E-state index in [1.807, 2.05) is 6.92 Å². The molecule has 1 unspecified atom stereocenters. The molecular weight excluding hydrogens is 320 g/mol. The molecule has 0 bridgehead atoms. The summed E-state index contributed by atoms with van der Waals surface area (Å²) in [5.41, 5.74) is 5.26. The van der Waals surface area contributed by atoms with E-state index in [4.69, 9.17) is 10.6 Å². The number of nitrogens with zero attached hydrogens (tertiary/aromatic N) is 2. The van der Waals surface area contributed by atoms with Crippen LogP contribution < -0.4 is 11.3 Å². The summed E-state index contributed by atoms with van der Waals surface area (Å²) < 4.78 is 8.57. The molecule has 0 aliphatic heterocycles. The largest absolute Gasteiger partial charge is 0.382 e. The second-order valence-electron chi connectivity index (χ2n) is 4.78. The lowest BCUT2D eigenvalue weighted by molar-refractivity contribution is 0.140. The number of nitrogens with two attached hydrogens (primary N) is 1. The van der Waals surface area contributed by atoms with Crippen LogP contribution in [-0.2, 0) is 24.1 Å². The summed E-state index contributed by atoms with van der Waals surface area (Å²) in [4.78, 5) is 0. The topological polar surface area (TPSA) is 65.1 Å². The van der Waals surface area contributed by atoms with Crippen LogP contribution in [0.15, 0.2) is 4.47 Å².